The van der Waals surface area contributed by atoms with E-state index in [0.29, 0.717) is 0 Å². The fraction of sp³-hybridized carbons (Fsp3) is 0. The van der Waals surface area contributed by atoms with Crippen molar-refractivity contribution in [1.82, 2.24) is 0 Å². The van der Waals surface area contributed by atoms with Gasteiger partial charge in [0.15, 0.2) is 0 Å². The Morgan fingerprint density at radius 3 is 1.91 bits per heavy atom. The van der Waals surface area contributed by atoms with E-state index in [-0.39, 0.29) is 0 Å². The molecule has 0 N–H and O–H groups in total. The van der Waals surface area contributed by atoms with Gasteiger partial charge in [-0.25, -0.2) is 0 Å². The number of anilines is 3. The number of fused-ring (bicyclic) bond motifs is 10. The van der Waals surface area contributed by atoms with E-state index in [1.54, 1.807) is 6.08 Å². The minimum Gasteiger partial charge on any atom is -0.455 e. The van der Waals surface area contributed by atoms with Gasteiger partial charge in [0.2, 0.25) is 0 Å². The number of benzene rings is 9. The van der Waals surface area contributed by atoms with Gasteiger partial charge in [-0.3, -0.25) is 0 Å². The highest BCUT2D eigenvalue weighted by Gasteiger charge is 2.23. The quantitative estimate of drug-likeness (QED) is 0.153. The summed E-state index contributed by atoms with van der Waals surface area (Å²) in [6.07, 6.45) is 5.85. The molecular weight excluding hydrogens is 695 g/mol. The topological polar surface area (TPSA) is 29.5 Å². The Hall–Kier alpha value is -7.62. The van der Waals surface area contributed by atoms with Crippen LogP contribution in [0, 0.1) is 0 Å². The van der Waals surface area contributed by atoms with E-state index in [1.165, 1.54) is 5.39 Å². The Balaban J connectivity index is 1.13. The first-order valence-corrected chi connectivity index (χ1v) is 19.3. The van der Waals surface area contributed by atoms with E-state index in [2.05, 4.69) is 200 Å². The maximum absolute atomic E-state index is 6.72. The molecule has 0 aliphatic heterocycles. The van der Waals surface area contributed by atoms with Crippen molar-refractivity contribution in [2.24, 2.45) is 0 Å². The maximum atomic E-state index is 6.72. The molecule has 268 valence electrons. The highest BCUT2D eigenvalue weighted by atomic mass is 16.3. The number of allylic oxidation sites excluding steroid dienone is 2. The van der Waals surface area contributed by atoms with Gasteiger partial charge < -0.3 is 13.7 Å². The predicted molar refractivity (Wildman–Crippen MR) is 241 cm³/mol. The Bertz CT molecular complexity index is 3380. The van der Waals surface area contributed by atoms with Crippen LogP contribution < -0.4 is 4.90 Å². The third-order valence-corrected chi connectivity index (χ3v) is 11.2. The molecule has 0 aliphatic rings. The lowest BCUT2D eigenvalue weighted by molar-refractivity contribution is 0.672. The average Bonchev–Trinajstić information content (AvgIpc) is 3.86. The number of furan rings is 2. The second-order valence-corrected chi connectivity index (χ2v) is 14.5. The van der Waals surface area contributed by atoms with Crippen molar-refractivity contribution in [2.45, 2.75) is 0 Å². The number of para-hydroxylation sites is 1. The summed E-state index contributed by atoms with van der Waals surface area (Å²) < 4.78 is 13.3. The summed E-state index contributed by atoms with van der Waals surface area (Å²) in [6.45, 7) is 3.83. The zero-order valence-electron chi connectivity index (χ0n) is 31.0. The summed E-state index contributed by atoms with van der Waals surface area (Å²) in [5.41, 5.74) is 12.3. The molecule has 0 radical (unpaired) electrons. The van der Waals surface area contributed by atoms with Gasteiger partial charge in [0.05, 0.1) is 16.8 Å². The largest absolute Gasteiger partial charge is 0.455 e. The Kier molecular flexibility index (Phi) is 7.65. The van der Waals surface area contributed by atoms with Crippen molar-refractivity contribution in [1.29, 1.82) is 0 Å². The molecule has 0 unspecified atom stereocenters. The monoisotopic (exact) mass is 729 g/mol. The molecule has 0 saturated heterocycles. The first-order chi connectivity index (χ1) is 28.2. The number of hydrogen-bond acceptors (Lipinski definition) is 3. The molecule has 3 nitrogen and oxygen atoms in total. The first-order valence-electron chi connectivity index (χ1n) is 19.3. The van der Waals surface area contributed by atoms with E-state index < -0.39 is 0 Å². The normalized spacial score (nSPS) is 11.9. The molecule has 2 aromatic heterocycles. The van der Waals surface area contributed by atoms with Crippen LogP contribution in [0.4, 0.5) is 17.1 Å². The van der Waals surface area contributed by atoms with E-state index in [4.69, 9.17) is 8.83 Å². The van der Waals surface area contributed by atoms with Crippen LogP contribution in [0.25, 0.3) is 93.8 Å². The highest BCUT2D eigenvalue weighted by molar-refractivity contribution is 6.20. The van der Waals surface area contributed by atoms with Crippen LogP contribution in [0.5, 0.6) is 0 Å². The molecule has 11 aromatic rings. The third-order valence-electron chi connectivity index (χ3n) is 11.2. The zero-order valence-corrected chi connectivity index (χ0v) is 31.0. The number of nitrogens with zero attached hydrogens (tertiary/aromatic N) is 1. The number of rotatable bonds is 7. The summed E-state index contributed by atoms with van der Waals surface area (Å²) in [6, 6.07) is 64.8. The van der Waals surface area contributed by atoms with Crippen molar-refractivity contribution in [3.05, 3.63) is 206 Å². The van der Waals surface area contributed by atoms with Crippen molar-refractivity contribution in [2.75, 3.05) is 4.90 Å². The molecule has 0 atom stereocenters. The van der Waals surface area contributed by atoms with Gasteiger partial charge in [0, 0.05) is 38.2 Å². The molecule has 11 rings (SSSR count). The minimum absolute atomic E-state index is 0.848. The molecule has 2 heterocycles. The van der Waals surface area contributed by atoms with Crippen LogP contribution in [0.1, 0.15) is 5.56 Å². The molecular formula is C54H35NO2. The first kappa shape index (κ1) is 32.8. The van der Waals surface area contributed by atoms with Crippen LogP contribution >= 0.6 is 0 Å². The van der Waals surface area contributed by atoms with Crippen LogP contribution in [0.3, 0.4) is 0 Å². The average molecular weight is 730 g/mol. The van der Waals surface area contributed by atoms with Crippen LogP contribution in [-0.4, -0.2) is 0 Å². The van der Waals surface area contributed by atoms with E-state index in [0.717, 1.165) is 105 Å². The smallest absolute Gasteiger partial charge is 0.143 e. The van der Waals surface area contributed by atoms with Crippen molar-refractivity contribution in [3.8, 4) is 22.3 Å². The lowest BCUT2D eigenvalue weighted by Crippen LogP contribution is -2.11. The van der Waals surface area contributed by atoms with Crippen molar-refractivity contribution < 1.29 is 8.83 Å². The van der Waals surface area contributed by atoms with Gasteiger partial charge in [0.1, 0.15) is 22.3 Å². The van der Waals surface area contributed by atoms with Gasteiger partial charge in [-0.1, -0.05) is 146 Å². The summed E-state index contributed by atoms with van der Waals surface area (Å²) in [5, 5.41) is 8.91. The molecule has 0 amide bonds. The third kappa shape index (κ3) is 5.43. The summed E-state index contributed by atoms with van der Waals surface area (Å²) >= 11 is 0. The van der Waals surface area contributed by atoms with Gasteiger partial charge in [0.25, 0.3) is 0 Å². The number of hydrogen-bond donors (Lipinski definition) is 0. The molecule has 0 bridgehead atoms. The van der Waals surface area contributed by atoms with Crippen LogP contribution in [0.2, 0.25) is 0 Å². The van der Waals surface area contributed by atoms with Gasteiger partial charge in [-0.15, -0.1) is 0 Å². The van der Waals surface area contributed by atoms with E-state index in [9.17, 15) is 0 Å². The van der Waals surface area contributed by atoms with Gasteiger partial charge in [-0.2, -0.15) is 0 Å². The summed E-state index contributed by atoms with van der Waals surface area (Å²) in [5.74, 6) is 0. The summed E-state index contributed by atoms with van der Waals surface area (Å²) in [4.78, 5) is 2.39. The van der Waals surface area contributed by atoms with E-state index >= 15 is 0 Å². The predicted octanol–water partition coefficient (Wildman–Crippen LogP) is 15.8. The zero-order chi connectivity index (χ0) is 37.9. The SMILES string of the molecule is C=C/C=C\c1cccc(-c2ccc(N(c3ccccc3-c3ccc4oc5c6ccccc6ccc5c4c3)c3cccc4oc5c6ccccc6ccc5c34)cc2)c1. The lowest BCUT2D eigenvalue weighted by atomic mass is 9.98. The second kappa shape index (κ2) is 13.3. The molecule has 57 heavy (non-hydrogen) atoms. The Labute approximate surface area is 329 Å². The molecule has 0 spiro atoms. The second-order valence-electron chi connectivity index (χ2n) is 14.5. The lowest BCUT2D eigenvalue weighted by Gasteiger charge is -2.28. The fourth-order valence-corrected chi connectivity index (χ4v) is 8.52. The highest BCUT2D eigenvalue weighted by Crippen LogP contribution is 2.47. The van der Waals surface area contributed by atoms with Crippen molar-refractivity contribution >= 4 is 88.6 Å². The summed E-state index contributed by atoms with van der Waals surface area (Å²) in [7, 11) is 0. The fourth-order valence-electron chi connectivity index (χ4n) is 8.52. The van der Waals surface area contributed by atoms with Crippen molar-refractivity contribution in [3.63, 3.8) is 0 Å². The molecule has 0 saturated carbocycles. The van der Waals surface area contributed by atoms with Gasteiger partial charge >= 0.3 is 0 Å². The van der Waals surface area contributed by atoms with Gasteiger partial charge in [-0.05, 0) is 93.7 Å². The minimum atomic E-state index is 0.848. The molecule has 0 fully saturated rings. The Morgan fingerprint density at radius 2 is 1.11 bits per heavy atom. The van der Waals surface area contributed by atoms with E-state index in [1.807, 2.05) is 6.08 Å². The molecule has 9 aromatic carbocycles. The molecule has 3 heteroatoms. The van der Waals surface area contributed by atoms with Crippen LogP contribution in [-0.2, 0) is 0 Å². The molecule has 0 aliphatic carbocycles. The maximum Gasteiger partial charge on any atom is 0.143 e. The standard InChI is InChI=1S/C54H35NO2/c1-2-3-12-35-13-10-16-39(33-35)36-23-28-41(29-24-36)55(49-21-11-22-51-52(49)46-31-26-38-15-5-7-19-44(38)54(46)57-51)48-20-9-8-17-42(48)40-27-32-50-47(34-40)45-30-25-37-14-4-6-18-43(37)53(45)56-50/h2-34H,1H2/b12-3-. The van der Waals surface area contributed by atoms with Crippen LogP contribution in [0.15, 0.2) is 210 Å². The Morgan fingerprint density at radius 1 is 0.439 bits per heavy atom.